The lowest BCUT2D eigenvalue weighted by molar-refractivity contribution is -0.121. The van der Waals surface area contributed by atoms with Crippen LogP contribution in [0.1, 0.15) is 35.4 Å². The second kappa shape index (κ2) is 5.18. The highest BCUT2D eigenvalue weighted by Gasteiger charge is 2.53. The predicted octanol–water partition coefficient (Wildman–Crippen LogP) is 3.90. The molecule has 1 aliphatic carbocycles. The molecule has 1 unspecified atom stereocenters. The lowest BCUT2D eigenvalue weighted by Gasteiger charge is -2.18. The van der Waals surface area contributed by atoms with E-state index in [1.54, 1.807) is 0 Å². The van der Waals surface area contributed by atoms with Gasteiger partial charge in [-0.15, -0.1) is 0 Å². The van der Waals surface area contributed by atoms with E-state index in [1.165, 1.54) is 0 Å². The van der Waals surface area contributed by atoms with Crippen LogP contribution in [0.3, 0.4) is 0 Å². The summed E-state index contributed by atoms with van der Waals surface area (Å²) in [5, 5.41) is 9.49. The van der Waals surface area contributed by atoms with Crippen LogP contribution in [0.25, 0.3) is 0 Å². The number of carbonyl (C=O) groups excluding carboxylic acids is 1. The number of ketones is 1. The molecule has 1 atom stereocenters. The lowest BCUT2D eigenvalue weighted by Crippen LogP contribution is -2.26. The average Bonchev–Trinajstić information content (AvgIpc) is 3.32. The molecule has 1 fully saturated rings. The second-order valence-electron chi connectivity index (χ2n) is 5.79. The van der Waals surface area contributed by atoms with E-state index in [-0.39, 0.29) is 5.78 Å². The minimum absolute atomic E-state index is 0.0417. The fourth-order valence-electron chi connectivity index (χ4n) is 2.88. The monoisotopic (exact) mass is 275 g/mol. The molecule has 2 heteroatoms. The highest BCUT2D eigenvalue weighted by atomic mass is 16.1. The van der Waals surface area contributed by atoms with E-state index in [1.807, 2.05) is 61.5 Å². The summed E-state index contributed by atoms with van der Waals surface area (Å²) in [5.74, 6) is -0.631. The van der Waals surface area contributed by atoms with Crippen molar-refractivity contribution in [1.82, 2.24) is 0 Å². The van der Waals surface area contributed by atoms with Gasteiger partial charge in [0.25, 0.3) is 0 Å². The van der Waals surface area contributed by atoms with Gasteiger partial charge in [0.1, 0.15) is 5.92 Å². The number of rotatable bonds is 4. The molecule has 1 aliphatic rings. The molecule has 0 aliphatic heterocycles. The van der Waals surface area contributed by atoms with E-state index >= 15 is 0 Å². The molecule has 0 saturated heterocycles. The van der Waals surface area contributed by atoms with Crippen molar-refractivity contribution in [2.24, 2.45) is 0 Å². The van der Waals surface area contributed by atoms with Crippen molar-refractivity contribution >= 4 is 5.78 Å². The summed E-state index contributed by atoms with van der Waals surface area (Å²) in [7, 11) is 0. The summed E-state index contributed by atoms with van der Waals surface area (Å²) in [6, 6.07) is 19.7. The van der Waals surface area contributed by atoms with Crippen molar-refractivity contribution in [3.8, 4) is 6.07 Å². The minimum Gasteiger partial charge on any atom is -0.297 e. The summed E-state index contributed by atoms with van der Waals surface area (Å²) < 4.78 is 0. The van der Waals surface area contributed by atoms with Crippen LogP contribution in [0.15, 0.2) is 54.6 Å². The molecule has 0 bridgehead atoms. The number of hydrogen-bond acceptors (Lipinski definition) is 2. The number of Topliss-reactive ketones (excluding diaryl/α,β-unsaturated/α-hetero) is 1. The smallest absolute Gasteiger partial charge is 0.164 e. The molecule has 2 aromatic carbocycles. The van der Waals surface area contributed by atoms with Gasteiger partial charge in [0.05, 0.1) is 11.5 Å². The highest BCUT2D eigenvalue weighted by molar-refractivity contribution is 5.99. The predicted molar refractivity (Wildman–Crippen MR) is 81.9 cm³/mol. The lowest BCUT2D eigenvalue weighted by atomic mass is 9.82. The van der Waals surface area contributed by atoms with Gasteiger partial charge in [-0.1, -0.05) is 60.2 Å². The van der Waals surface area contributed by atoms with Gasteiger partial charge in [0.15, 0.2) is 5.78 Å². The Morgan fingerprint density at radius 2 is 1.71 bits per heavy atom. The summed E-state index contributed by atoms with van der Waals surface area (Å²) in [6.45, 7) is 2.00. The Hall–Kier alpha value is -2.40. The van der Waals surface area contributed by atoms with Crippen LogP contribution in [0.2, 0.25) is 0 Å². The van der Waals surface area contributed by atoms with Crippen LogP contribution in [-0.2, 0) is 10.2 Å². The first kappa shape index (κ1) is 13.6. The molecule has 0 radical (unpaired) electrons. The van der Waals surface area contributed by atoms with Crippen molar-refractivity contribution in [3.63, 3.8) is 0 Å². The maximum absolute atomic E-state index is 12.9. The maximum atomic E-state index is 12.9. The first-order chi connectivity index (χ1) is 10.2. The first-order valence-electron chi connectivity index (χ1n) is 7.23. The standard InChI is InChI=1S/C19H17NO/c1-14-7-9-15(10-8-14)17(13-20)18(21)19(11-12-19)16-5-3-2-4-6-16/h2-10,17H,11-12H2,1H3. The van der Waals surface area contributed by atoms with Gasteiger partial charge < -0.3 is 0 Å². The van der Waals surface area contributed by atoms with Crippen molar-refractivity contribution in [3.05, 3.63) is 71.3 Å². The zero-order valence-electron chi connectivity index (χ0n) is 12.0. The molecule has 104 valence electrons. The Labute approximate surface area is 125 Å². The van der Waals surface area contributed by atoms with E-state index in [2.05, 4.69) is 6.07 Å². The number of nitriles is 1. The zero-order chi connectivity index (χ0) is 14.9. The van der Waals surface area contributed by atoms with Gasteiger partial charge in [0, 0.05) is 0 Å². The number of benzene rings is 2. The summed E-state index contributed by atoms with van der Waals surface area (Å²) in [4.78, 5) is 12.9. The highest BCUT2D eigenvalue weighted by Crippen LogP contribution is 2.51. The molecule has 2 aromatic rings. The normalized spacial score (nSPS) is 16.8. The van der Waals surface area contributed by atoms with E-state index < -0.39 is 11.3 Å². The van der Waals surface area contributed by atoms with Crippen molar-refractivity contribution < 1.29 is 4.79 Å². The van der Waals surface area contributed by atoms with Crippen LogP contribution in [-0.4, -0.2) is 5.78 Å². The van der Waals surface area contributed by atoms with E-state index in [9.17, 15) is 10.1 Å². The van der Waals surface area contributed by atoms with Gasteiger partial charge in [-0.2, -0.15) is 5.26 Å². The minimum atomic E-state index is -0.673. The van der Waals surface area contributed by atoms with Crippen LogP contribution in [0, 0.1) is 18.3 Å². The Kier molecular flexibility index (Phi) is 3.35. The Morgan fingerprint density at radius 3 is 2.24 bits per heavy atom. The van der Waals surface area contributed by atoms with Gasteiger partial charge in [-0.05, 0) is 30.9 Å². The van der Waals surface area contributed by atoms with Crippen molar-refractivity contribution in [2.75, 3.05) is 0 Å². The van der Waals surface area contributed by atoms with Crippen molar-refractivity contribution in [1.29, 1.82) is 5.26 Å². The molecule has 21 heavy (non-hydrogen) atoms. The van der Waals surface area contributed by atoms with Crippen LogP contribution >= 0.6 is 0 Å². The SMILES string of the molecule is Cc1ccc(C(C#N)C(=O)C2(c3ccccc3)CC2)cc1. The van der Waals surface area contributed by atoms with Gasteiger partial charge in [-0.3, -0.25) is 4.79 Å². The second-order valence-corrected chi connectivity index (χ2v) is 5.79. The number of hydrogen-bond donors (Lipinski definition) is 0. The Balaban J connectivity index is 1.94. The summed E-state index contributed by atoms with van der Waals surface area (Å²) >= 11 is 0. The Morgan fingerprint density at radius 1 is 1.10 bits per heavy atom. The quantitative estimate of drug-likeness (QED) is 0.849. The van der Waals surface area contributed by atoms with E-state index in [0.717, 1.165) is 29.5 Å². The van der Waals surface area contributed by atoms with Crippen LogP contribution in [0.4, 0.5) is 0 Å². The summed E-state index contributed by atoms with van der Waals surface area (Å²) in [6.07, 6.45) is 1.69. The number of aryl methyl sites for hydroxylation is 1. The fraction of sp³-hybridized carbons (Fsp3) is 0.263. The van der Waals surface area contributed by atoms with Gasteiger partial charge in [0.2, 0.25) is 0 Å². The molecule has 0 aromatic heterocycles. The molecular weight excluding hydrogens is 258 g/mol. The molecule has 0 spiro atoms. The largest absolute Gasteiger partial charge is 0.297 e. The van der Waals surface area contributed by atoms with Gasteiger partial charge in [-0.25, -0.2) is 0 Å². The average molecular weight is 275 g/mol. The Bertz CT molecular complexity index is 691. The maximum Gasteiger partial charge on any atom is 0.164 e. The molecule has 0 heterocycles. The number of carbonyl (C=O) groups is 1. The molecule has 1 saturated carbocycles. The molecule has 2 nitrogen and oxygen atoms in total. The first-order valence-corrected chi connectivity index (χ1v) is 7.23. The topological polar surface area (TPSA) is 40.9 Å². The molecular formula is C19H17NO. The third kappa shape index (κ3) is 2.36. The third-order valence-corrected chi connectivity index (χ3v) is 4.35. The van der Waals surface area contributed by atoms with Crippen LogP contribution in [0.5, 0.6) is 0 Å². The molecule has 0 amide bonds. The zero-order valence-corrected chi connectivity index (χ0v) is 12.0. The number of nitrogens with zero attached hydrogens (tertiary/aromatic N) is 1. The third-order valence-electron chi connectivity index (χ3n) is 4.35. The van der Waals surface area contributed by atoms with E-state index in [4.69, 9.17) is 0 Å². The molecule has 3 rings (SSSR count). The van der Waals surface area contributed by atoms with E-state index in [0.29, 0.717) is 0 Å². The van der Waals surface area contributed by atoms with Gasteiger partial charge >= 0.3 is 0 Å². The molecule has 0 N–H and O–H groups in total. The summed E-state index contributed by atoms with van der Waals surface area (Å²) in [5.41, 5.74) is 2.54. The van der Waals surface area contributed by atoms with Crippen LogP contribution < -0.4 is 0 Å². The van der Waals surface area contributed by atoms with Crippen molar-refractivity contribution in [2.45, 2.75) is 31.1 Å². The fourth-order valence-corrected chi connectivity index (χ4v) is 2.88.